The summed E-state index contributed by atoms with van der Waals surface area (Å²) >= 11 is 0. The molecule has 6 nitrogen and oxygen atoms in total. The van der Waals surface area contributed by atoms with E-state index in [0.717, 1.165) is 24.4 Å². The number of hydrogen-bond donors (Lipinski definition) is 2. The summed E-state index contributed by atoms with van der Waals surface area (Å²) in [7, 11) is 0. The minimum absolute atomic E-state index is 0.0853. The maximum atomic E-state index is 12.7. The zero-order chi connectivity index (χ0) is 21.6. The molecule has 2 rings (SSSR count). The molecule has 1 atom stereocenters. The van der Waals surface area contributed by atoms with E-state index in [2.05, 4.69) is 23.7 Å². The lowest BCUT2D eigenvalue weighted by Crippen LogP contribution is -2.30. The lowest BCUT2D eigenvalue weighted by molar-refractivity contribution is 0.0920. The molecule has 29 heavy (non-hydrogen) atoms. The summed E-state index contributed by atoms with van der Waals surface area (Å²) in [6, 6.07) is 8.59. The molecule has 0 saturated heterocycles. The highest BCUT2D eigenvalue weighted by Crippen LogP contribution is 2.19. The lowest BCUT2D eigenvalue weighted by atomic mass is 10.1. The number of amides is 1. The van der Waals surface area contributed by atoms with Crippen LogP contribution in [0.2, 0.25) is 0 Å². The van der Waals surface area contributed by atoms with Crippen molar-refractivity contribution in [1.29, 1.82) is 0 Å². The van der Waals surface area contributed by atoms with E-state index in [1.807, 2.05) is 19.9 Å². The van der Waals surface area contributed by atoms with Gasteiger partial charge in [0.05, 0.1) is 6.10 Å². The van der Waals surface area contributed by atoms with E-state index >= 15 is 0 Å². The van der Waals surface area contributed by atoms with Gasteiger partial charge in [0.1, 0.15) is 5.75 Å². The first kappa shape index (κ1) is 22.7. The number of aromatic nitrogens is 1. The number of aliphatic hydroxyl groups is 1. The third-order valence-corrected chi connectivity index (χ3v) is 4.83. The molecule has 158 valence electrons. The second-order valence-corrected chi connectivity index (χ2v) is 7.92. The number of carbonyl (C=O) groups excluding carboxylic acids is 2. The predicted molar refractivity (Wildman–Crippen MR) is 114 cm³/mol. The topological polar surface area (TPSA) is 80.6 Å². The van der Waals surface area contributed by atoms with Crippen LogP contribution in [0.1, 0.15) is 59.3 Å². The molecule has 6 heteroatoms. The number of nitrogens with one attached hydrogen (secondary N) is 1. The molecule has 0 bridgehead atoms. The monoisotopic (exact) mass is 400 g/mol. The summed E-state index contributed by atoms with van der Waals surface area (Å²) in [5.74, 6) is 0.676. The van der Waals surface area contributed by atoms with Crippen molar-refractivity contribution in [1.82, 2.24) is 9.88 Å². The first-order valence-corrected chi connectivity index (χ1v) is 10.1. The van der Waals surface area contributed by atoms with Gasteiger partial charge in [-0.2, -0.15) is 0 Å². The fourth-order valence-electron chi connectivity index (χ4n) is 3.11. The summed E-state index contributed by atoms with van der Waals surface area (Å²) in [5.41, 5.74) is 3.13. The average molecular weight is 401 g/mol. The zero-order valence-corrected chi connectivity index (χ0v) is 18.0. The van der Waals surface area contributed by atoms with E-state index in [-0.39, 0.29) is 24.8 Å². The van der Waals surface area contributed by atoms with Crippen molar-refractivity contribution >= 4 is 11.7 Å². The average Bonchev–Trinajstić information content (AvgIpc) is 2.96. The fourth-order valence-corrected chi connectivity index (χ4v) is 3.11. The van der Waals surface area contributed by atoms with E-state index in [1.54, 1.807) is 31.2 Å². The van der Waals surface area contributed by atoms with Gasteiger partial charge in [0, 0.05) is 35.6 Å². The third-order valence-electron chi connectivity index (χ3n) is 4.83. The minimum atomic E-state index is -0.615. The van der Waals surface area contributed by atoms with Crippen LogP contribution in [0.15, 0.2) is 30.3 Å². The van der Waals surface area contributed by atoms with Crippen LogP contribution in [-0.4, -0.2) is 40.6 Å². The Hall–Kier alpha value is -2.60. The summed E-state index contributed by atoms with van der Waals surface area (Å²) in [6.07, 6.45) is 0.445. The standard InChI is InChI=1S/C23H32N2O4/c1-15(2)9-10-25-16(3)11-21(18(25)5)22(27)14-29-20-8-6-7-19(12-20)23(28)24-13-17(4)26/h6-8,11-12,15,17,26H,9-10,13-14H2,1-5H3,(H,24,28). The van der Waals surface area contributed by atoms with Crippen molar-refractivity contribution < 1.29 is 19.4 Å². The Balaban J connectivity index is 2.01. The van der Waals surface area contributed by atoms with Gasteiger partial charge in [-0.3, -0.25) is 9.59 Å². The number of rotatable bonds is 10. The molecule has 2 aromatic rings. The molecule has 1 amide bonds. The molecule has 2 N–H and O–H groups in total. The van der Waals surface area contributed by atoms with Gasteiger partial charge in [-0.05, 0) is 57.4 Å². The fraction of sp³-hybridized carbons (Fsp3) is 0.478. The molecule has 0 radical (unpaired) electrons. The Kier molecular flexibility index (Phi) is 8.02. The third kappa shape index (κ3) is 6.46. The summed E-state index contributed by atoms with van der Waals surface area (Å²) < 4.78 is 7.83. The van der Waals surface area contributed by atoms with Crippen LogP contribution < -0.4 is 10.1 Å². The largest absolute Gasteiger partial charge is 0.485 e. The van der Waals surface area contributed by atoms with Gasteiger partial charge in [0.2, 0.25) is 5.78 Å². The van der Waals surface area contributed by atoms with Crippen molar-refractivity contribution in [3.63, 3.8) is 0 Å². The second-order valence-electron chi connectivity index (χ2n) is 7.92. The number of Topliss-reactive ketones (excluding diaryl/α,β-unsaturated/α-hetero) is 1. The summed E-state index contributed by atoms with van der Waals surface area (Å²) in [4.78, 5) is 24.8. The van der Waals surface area contributed by atoms with Crippen molar-refractivity contribution in [2.75, 3.05) is 13.2 Å². The zero-order valence-electron chi connectivity index (χ0n) is 18.0. The van der Waals surface area contributed by atoms with Crippen LogP contribution in [0.25, 0.3) is 0 Å². The lowest BCUT2D eigenvalue weighted by Gasteiger charge is -2.12. The van der Waals surface area contributed by atoms with Crippen LogP contribution in [-0.2, 0) is 6.54 Å². The maximum Gasteiger partial charge on any atom is 0.251 e. The van der Waals surface area contributed by atoms with Crippen molar-refractivity contribution in [2.24, 2.45) is 5.92 Å². The predicted octanol–water partition coefficient (Wildman–Crippen LogP) is 3.52. The number of benzene rings is 1. The summed E-state index contributed by atoms with van der Waals surface area (Å²) in [5, 5.41) is 11.9. The Morgan fingerprint density at radius 1 is 1.17 bits per heavy atom. The van der Waals surface area contributed by atoms with Gasteiger partial charge in [-0.25, -0.2) is 0 Å². The Labute approximate surface area is 172 Å². The van der Waals surface area contributed by atoms with Crippen molar-refractivity contribution in [3.05, 3.63) is 52.8 Å². The highest BCUT2D eigenvalue weighted by molar-refractivity contribution is 5.98. The molecule has 0 aliphatic carbocycles. The van der Waals surface area contributed by atoms with E-state index in [4.69, 9.17) is 4.74 Å². The number of aliphatic hydroxyl groups excluding tert-OH is 1. The van der Waals surface area contributed by atoms with Gasteiger partial charge in [0.25, 0.3) is 5.91 Å². The Morgan fingerprint density at radius 3 is 2.55 bits per heavy atom. The number of hydrogen-bond acceptors (Lipinski definition) is 4. The van der Waals surface area contributed by atoms with Crippen LogP contribution in [0.5, 0.6) is 5.75 Å². The van der Waals surface area contributed by atoms with Gasteiger partial charge in [-0.1, -0.05) is 19.9 Å². The maximum absolute atomic E-state index is 12.7. The number of carbonyl (C=O) groups is 2. The normalized spacial score (nSPS) is 12.1. The van der Waals surface area contributed by atoms with Crippen LogP contribution >= 0.6 is 0 Å². The van der Waals surface area contributed by atoms with Crippen molar-refractivity contribution in [2.45, 2.75) is 53.7 Å². The minimum Gasteiger partial charge on any atom is -0.485 e. The molecule has 0 aliphatic rings. The molecule has 0 fully saturated rings. The van der Waals surface area contributed by atoms with Crippen molar-refractivity contribution in [3.8, 4) is 5.75 Å². The van der Waals surface area contributed by atoms with E-state index in [1.165, 1.54) is 0 Å². The Morgan fingerprint density at radius 2 is 1.90 bits per heavy atom. The summed E-state index contributed by atoms with van der Waals surface area (Å²) in [6.45, 7) is 10.9. The first-order chi connectivity index (χ1) is 13.7. The van der Waals surface area contributed by atoms with Gasteiger partial charge in [-0.15, -0.1) is 0 Å². The van der Waals surface area contributed by atoms with Gasteiger partial charge < -0.3 is 19.7 Å². The molecular formula is C23H32N2O4. The molecule has 0 spiro atoms. The van der Waals surface area contributed by atoms with Crippen LogP contribution in [0.3, 0.4) is 0 Å². The number of ether oxygens (including phenoxy) is 1. The number of ketones is 1. The van der Waals surface area contributed by atoms with E-state index in [9.17, 15) is 14.7 Å². The van der Waals surface area contributed by atoms with Crippen LogP contribution in [0.4, 0.5) is 0 Å². The molecular weight excluding hydrogens is 368 g/mol. The van der Waals surface area contributed by atoms with E-state index in [0.29, 0.717) is 22.8 Å². The van der Waals surface area contributed by atoms with E-state index < -0.39 is 6.10 Å². The van der Waals surface area contributed by atoms with Gasteiger partial charge >= 0.3 is 0 Å². The second kappa shape index (κ2) is 10.3. The smallest absolute Gasteiger partial charge is 0.251 e. The van der Waals surface area contributed by atoms with Crippen LogP contribution in [0, 0.1) is 19.8 Å². The first-order valence-electron chi connectivity index (χ1n) is 10.1. The Bertz CT molecular complexity index is 853. The molecule has 0 saturated carbocycles. The molecule has 0 aliphatic heterocycles. The molecule has 1 aromatic carbocycles. The van der Waals surface area contributed by atoms with Gasteiger partial charge in [0.15, 0.2) is 6.61 Å². The highest BCUT2D eigenvalue weighted by atomic mass is 16.5. The highest BCUT2D eigenvalue weighted by Gasteiger charge is 2.17. The molecule has 1 heterocycles. The number of aryl methyl sites for hydroxylation is 1. The molecule has 1 aromatic heterocycles. The quantitative estimate of drug-likeness (QED) is 0.598. The SMILES string of the molecule is Cc1cc(C(=O)COc2cccc(C(=O)NCC(C)O)c2)c(C)n1CCC(C)C. The number of nitrogens with zero attached hydrogens (tertiary/aromatic N) is 1. The molecule has 1 unspecified atom stereocenters.